The smallest absolute Gasteiger partial charge is 0.0546 e. The van der Waals surface area contributed by atoms with Crippen LogP contribution in [-0.4, -0.2) is 24.3 Å². The maximum absolute atomic E-state index is 9.06. The van der Waals surface area contributed by atoms with Gasteiger partial charge in [0.05, 0.1) is 6.10 Å². The van der Waals surface area contributed by atoms with E-state index < -0.39 is 0 Å². The fourth-order valence-corrected chi connectivity index (χ4v) is 1.85. The van der Waals surface area contributed by atoms with Crippen LogP contribution in [-0.2, 0) is 0 Å². The van der Waals surface area contributed by atoms with Gasteiger partial charge in [-0.2, -0.15) is 0 Å². The largest absolute Gasteiger partial charge is 0.393 e. The molecule has 0 aliphatic heterocycles. The first kappa shape index (κ1) is 11.0. The molecule has 78 valence electrons. The molecule has 0 spiro atoms. The molecule has 0 aromatic heterocycles. The van der Waals surface area contributed by atoms with Crippen molar-refractivity contribution in [1.82, 2.24) is 5.32 Å². The van der Waals surface area contributed by atoms with Gasteiger partial charge in [-0.25, -0.2) is 0 Å². The Morgan fingerprint density at radius 1 is 1.23 bits per heavy atom. The zero-order valence-electron chi connectivity index (χ0n) is 8.76. The Balaban J connectivity index is 1.74. The SMILES string of the molecule is CCCCCCNCC1CC(O)C1. The van der Waals surface area contributed by atoms with Gasteiger partial charge in [0.15, 0.2) is 0 Å². The maximum atomic E-state index is 9.06. The molecular weight excluding hydrogens is 162 g/mol. The van der Waals surface area contributed by atoms with Crippen LogP contribution in [0.2, 0.25) is 0 Å². The summed E-state index contributed by atoms with van der Waals surface area (Å²) in [4.78, 5) is 0. The minimum Gasteiger partial charge on any atom is -0.393 e. The Morgan fingerprint density at radius 2 is 2.00 bits per heavy atom. The lowest BCUT2D eigenvalue weighted by molar-refractivity contribution is 0.0431. The lowest BCUT2D eigenvalue weighted by Crippen LogP contribution is -2.36. The third-order valence-corrected chi connectivity index (χ3v) is 2.85. The molecule has 13 heavy (non-hydrogen) atoms. The van der Waals surface area contributed by atoms with Gasteiger partial charge in [-0.05, 0) is 38.3 Å². The second-order valence-electron chi connectivity index (χ2n) is 4.26. The molecule has 0 aromatic carbocycles. The summed E-state index contributed by atoms with van der Waals surface area (Å²) in [6.45, 7) is 4.51. The summed E-state index contributed by atoms with van der Waals surface area (Å²) in [5, 5.41) is 12.5. The summed E-state index contributed by atoms with van der Waals surface area (Å²) in [5.74, 6) is 0.751. The molecule has 0 amide bonds. The monoisotopic (exact) mass is 185 g/mol. The van der Waals surface area contributed by atoms with Gasteiger partial charge in [-0.1, -0.05) is 26.2 Å². The van der Waals surface area contributed by atoms with Gasteiger partial charge in [-0.3, -0.25) is 0 Å². The van der Waals surface area contributed by atoms with E-state index in [1.54, 1.807) is 0 Å². The number of nitrogens with one attached hydrogen (secondary N) is 1. The minimum absolute atomic E-state index is 0.00638. The first-order valence-electron chi connectivity index (χ1n) is 5.71. The minimum atomic E-state index is 0.00638. The van der Waals surface area contributed by atoms with Gasteiger partial charge in [-0.15, -0.1) is 0 Å². The summed E-state index contributed by atoms with van der Waals surface area (Å²) < 4.78 is 0. The lowest BCUT2D eigenvalue weighted by atomic mass is 9.82. The Hall–Kier alpha value is -0.0800. The average molecular weight is 185 g/mol. The number of unbranched alkanes of at least 4 members (excludes halogenated alkanes) is 3. The van der Waals surface area contributed by atoms with E-state index in [1.807, 2.05) is 0 Å². The Kier molecular flexibility index (Phi) is 5.40. The Bertz CT molecular complexity index is 121. The van der Waals surface area contributed by atoms with E-state index in [-0.39, 0.29) is 6.10 Å². The van der Waals surface area contributed by atoms with Crippen LogP contribution < -0.4 is 5.32 Å². The van der Waals surface area contributed by atoms with Gasteiger partial charge in [0.25, 0.3) is 0 Å². The highest BCUT2D eigenvalue weighted by molar-refractivity contribution is 4.79. The maximum Gasteiger partial charge on any atom is 0.0546 e. The molecule has 2 heteroatoms. The third-order valence-electron chi connectivity index (χ3n) is 2.85. The van der Waals surface area contributed by atoms with Crippen molar-refractivity contribution in [2.24, 2.45) is 5.92 Å². The average Bonchev–Trinajstić information content (AvgIpc) is 2.07. The van der Waals surface area contributed by atoms with Crippen molar-refractivity contribution < 1.29 is 5.11 Å². The van der Waals surface area contributed by atoms with Crippen molar-refractivity contribution in [2.75, 3.05) is 13.1 Å². The molecule has 0 radical (unpaired) electrons. The molecule has 1 aliphatic carbocycles. The zero-order chi connectivity index (χ0) is 9.52. The van der Waals surface area contributed by atoms with Gasteiger partial charge >= 0.3 is 0 Å². The van der Waals surface area contributed by atoms with Gasteiger partial charge in [0, 0.05) is 0 Å². The van der Waals surface area contributed by atoms with Crippen LogP contribution in [0.4, 0.5) is 0 Å². The van der Waals surface area contributed by atoms with Crippen LogP contribution in [0.25, 0.3) is 0 Å². The number of hydrogen-bond donors (Lipinski definition) is 2. The quantitative estimate of drug-likeness (QED) is 0.594. The van der Waals surface area contributed by atoms with Crippen molar-refractivity contribution in [2.45, 2.75) is 51.6 Å². The second kappa shape index (κ2) is 6.39. The third kappa shape index (κ3) is 4.63. The van der Waals surface area contributed by atoms with E-state index in [0.29, 0.717) is 0 Å². The van der Waals surface area contributed by atoms with E-state index in [1.165, 1.54) is 25.7 Å². The summed E-state index contributed by atoms with van der Waals surface area (Å²) >= 11 is 0. The van der Waals surface area contributed by atoms with E-state index in [9.17, 15) is 0 Å². The fourth-order valence-electron chi connectivity index (χ4n) is 1.85. The second-order valence-corrected chi connectivity index (χ2v) is 4.26. The highest BCUT2D eigenvalue weighted by Gasteiger charge is 2.26. The van der Waals surface area contributed by atoms with Crippen LogP contribution in [0.15, 0.2) is 0 Å². The van der Waals surface area contributed by atoms with Gasteiger partial charge in [0.1, 0.15) is 0 Å². The molecule has 0 heterocycles. The van der Waals surface area contributed by atoms with E-state index in [0.717, 1.165) is 31.8 Å². The Labute approximate surface area is 81.7 Å². The van der Waals surface area contributed by atoms with Crippen molar-refractivity contribution in [3.8, 4) is 0 Å². The van der Waals surface area contributed by atoms with Crippen LogP contribution >= 0.6 is 0 Å². The molecule has 1 fully saturated rings. The first-order valence-corrected chi connectivity index (χ1v) is 5.71. The predicted octanol–water partition coefficient (Wildman–Crippen LogP) is 1.93. The molecule has 0 unspecified atom stereocenters. The molecule has 2 nitrogen and oxygen atoms in total. The van der Waals surface area contributed by atoms with E-state index in [4.69, 9.17) is 5.11 Å². The normalized spacial score (nSPS) is 27.2. The molecule has 0 atom stereocenters. The van der Waals surface area contributed by atoms with E-state index >= 15 is 0 Å². The molecule has 0 aromatic rings. The van der Waals surface area contributed by atoms with Crippen molar-refractivity contribution in [3.05, 3.63) is 0 Å². The molecule has 0 bridgehead atoms. The van der Waals surface area contributed by atoms with Crippen LogP contribution in [0.3, 0.4) is 0 Å². The van der Waals surface area contributed by atoms with Gasteiger partial charge < -0.3 is 10.4 Å². The molecule has 1 rings (SSSR count). The highest BCUT2D eigenvalue weighted by Crippen LogP contribution is 2.25. The molecule has 2 N–H and O–H groups in total. The number of rotatable bonds is 7. The fraction of sp³-hybridized carbons (Fsp3) is 1.00. The highest BCUT2D eigenvalue weighted by atomic mass is 16.3. The number of hydrogen-bond acceptors (Lipinski definition) is 2. The summed E-state index contributed by atoms with van der Waals surface area (Å²) in [6, 6.07) is 0. The Morgan fingerprint density at radius 3 is 2.62 bits per heavy atom. The number of aliphatic hydroxyl groups is 1. The van der Waals surface area contributed by atoms with Crippen molar-refractivity contribution in [3.63, 3.8) is 0 Å². The molecule has 1 saturated carbocycles. The van der Waals surface area contributed by atoms with Crippen LogP contribution in [0.5, 0.6) is 0 Å². The molecule has 0 saturated heterocycles. The standard InChI is InChI=1S/C11H23NO/c1-2-3-4-5-6-12-9-10-7-11(13)8-10/h10-13H,2-9H2,1H3. The lowest BCUT2D eigenvalue weighted by Gasteiger charge is -2.31. The predicted molar refractivity (Wildman–Crippen MR) is 55.7 cm³/mol. The number of aliphatic hydroxyl groups excluding tert-OH is 1. The van der Waals surface area contributed by atoms with Crippen molar-refractivity contribution >= 4 is 0 Å². The summed E-state index contributed by atoms with van der Waals surface area (Å²) in [7, 11) is 0. The zero-order valence-corrected chi connectivity index (χ0v) is 8.76. The molecule has 1 aliphatic rings. The van der Waals surface area contributed by atoms with Crippen molar-refractivity contribution in [1.29, 1.82) is 0 Å². The first-order chi connectivity index (χ1) is 6.33. The summed E-state index contributed by atoms with van der Waals surface area (Å²) in [5.41, 5.74) is 0. The van der Waals surface area contributed by atoms with Crippen LogP contribution in [0.1, 0.15) is 45.4 Å². The van der Waals surface area contributed by atoms with E-state index in [2.05, 4.69) is 12.2 Å². The topological polar surface area (TPSA) is 32.3 Å². The summed E-state index contributed by atoms with van der Waals surface area (Å²) in [6.07, 6.45) is 7.38. The molecular formula is C11H23NO. The van der Waals surface area contributed by atoms with Crippen LogP contribution in [0, 0.1) is 5.92 Å². The van der Waals surface area contributed by atoms with Gasteiger partial charge in [0.2, 0.25) is 0 Å².